The number of hydrogen-bond donors (Lipinski definition) is 1. The number of rotatable bonds is 4. The van der Waals surface area contributed by atoms with E-state index in [0.717, 1.165) is 19.4 Å². The van der Waals surface area contributed by atoms with Gasteiger partial charge in [-0.1, -0.05) is 0 Å². The minimum absolute atomic E-state index is 0.247. The van der Waals surface area contributed by atoms with Crippen molar-refractivity contribution in [1.29, 1.82) is 0 Å². The molecule has 1 aromatic rings. The summed E-state index contributed by atoms with van der Waals surface area (Å²) in [4.78, 5) is 8.24. The van der Waals surface area contributed by atoms with Gasteiger partial charge in [0.1, 0.15) is 0 Å². The molecule has 1 unspecified atom stereocenters. The van der Waals surface area contributed by atoms with Crippen molar-refractivity contribution in [3.05, 3.63) is 18.5 Å². The summed E-state index contributed by atoms with van der Waals surface area (Å²) < 4.78 is 30.2. The molecule has 1 spiro atoms. The third kappa shape index (κ3) is 3.33. The monoisotopic (exact) mass is 312 g/mol. The van der Waals surface area contributed by atoms with Crippen LogP contribution in [0.5, 0.6) is 0 Å². The Morgan fingerprint density at radius 3 is 2.71 bits per heavy atom. The van der Waals surface area contributed by atoms with Crippen LogP contribution in [0, 0.1) is 5.92 Å². The minimum Gasteiger partial charge on any atom is -0.372 e. The van der Waals surface area contributed by atoms with E-state index >= 15 is 0 Å². The van der Waals surface area contributed by atoms with Gasteiger partial charge < -0.3 is 10.1 Å². The van der Waals surface area contributed by atoms with Crippen LogP contribution in [0.2, 0.25) is 0 Å². The summed E-state index contributed by atoms with van der Waals surface area (Å²) in [7, 11) is -3.08. The highest BCUT2D eigenvalue weighted by Crippen LogP contribution is 2.37. The van der Waals surface area contributed by atoms with E-state index in [9.17, 15) is 8.42 Å². The highest BCUT2D eigenvalue weighted by atomic mass is 32.2. The van der Waals surface area contributed by atoms with Crippen LogP contribution in [0.1, 0.15) is 12.8 Å². The molecule has 3 rings (SSSR count). The van der Waals surface area contributed by atoms with Crippen LogP contribution in [0.3, 0.4) is 0 Å². The summed E-state index contributed by atoms with van der Waals surface area (Å²) in [6.45, 7) is 2.41. The predicted octanol–water partition coefficient (Wildman–Crippen LogP) is 0.329. The van der Waals surface area contributed by atoms with Crippen LogP contribution < -0.4 is 5.32 Å². The van der Waals surface area contributed by atoms with Gasteiger partial charge in [0.15, 0.2) is 0 Å². The van der Waals surface area contributed by atoms with E-state index in [1.165, 1.54) is 10.6 Å². The maximum atomic E-state index is 11.4. The molecular formula is C13H20N4O3S. The third-order valence-electron chi connectivity index (χ3n) is 4.15. The maximum Gasteiger partial charge on any atom is 0.222 e. The molecule has 21 heavy (non-hydrogen) atoms. The van der Waals surface area contributed by atoms with Crippen molar-refractivity contribution in [3.8, 4) is 0 Å². The lowest BCUT2D eigenvalue weighted by atomic mass is 9.84. The van der Waals surface area contributed by atoms with Crippen LogP contribution >= 0.6 is 0 Å². The summed E-state index contributed by atoms with van der Waals surface area (Å²) in [6.07, 6.45) is 6.58. The van der Waals surface area contributed by atoms with Crippen molar-refractivity contribution in [1.82, 2.24) is 14.3 Å². The first kappa shape index (κ1) is 14.7. The van der Waals surface area contributed by atoms with Crippen molar-refractivity contribution in [2.75, 3.05) is 37.8 Å². The van der Waals surface area contributed by atoms with E-state index in [4.69, 9.17) is 4.74 Å². The standard InChI is InChI=1S/C13H20N4O3S/c1-21(18,19)17-9-13(10-17)4-3-11(8-20-13)7-16-12-14-5-2-6-15-12/h2,5-6,11H,3-4,7-10H2,1H3,(H,14,15,16). The Balaban J connectivity index is 1.44. The molecule has 0 aliphatic carbocycles. The van der Waals surface area contributed by atoms with Gasteiger partial charge in [-0.05, 0) is 24.8 Å². The van der Waals surface area contributed by atoms with Crippen molar-refractivity contribution in [2.45, 2.75) is 18.4 Å². The molecule has 0 bridgehead atoms. The Bertz CT molecular complexity index is 577. The highest BCUT2D eigenvalue weighted by Gasteiger charge is 2.49. The van der Waals surface area contributed by atoms with Gasteiger partial charge in [0, 0.05) is 32.0 Å². The van der Waals surface area contributed by atoms with Crippen LogP contribution in [0.4, 0.5) is 5.95 Å². The van der Waals surface area contributed by atoms with E-state index < -0.39 is 10.0 Å². The Morgan fingerprint density at radius 2 is 2.14 bits per heavy atom. The maximum absolute atomic E-state index is 11.4. The van der Waals surface area contributed by atoms with E-state index in [0.29, 0.717) is 31.6 Å². The number of nitrogens with one attached hydrogen (secondary N) is 1. The number of hydrogen-bond acceptors (Lipinski definition) is 6. The van der Waals surface area contributed by atoms with Crippen molar-refractivity contribution in [2.24, 2.45) is 5.92 Å². The van der Waals surface area contributed by atoms with Gasteiger partial charge in [-0.25, -0.2) is 18.4 Å². The Kier molecular flexibility index (Phi) is 3.85. The zero-order valence-corrected chi connectivity index (χ0v) is 12.8. The van der Waals surface area contributed by atoms with Gasteiger partial charge in [-0.3, -0.25) is 0 Å². The van der Waals surface area contributed by atoms with Crippen LogP contribution in [-0.2, 0) is 14.8 Å². The Morgan fingerprint density at radius 1 is 1.43 bits per heavy atom. The fraction of sp³-hybridized carbons (Fsp3) is 0.692. The van der Waals surface area contributed by atoms with E-state index in [1.54, 1.807) is 18.5 Å². The molecule has 2 fully saturated rings. The quantitative estimate of drug-likeness (QED) is 0.862. The largest absolute Gasteiger partial charge is 0.372 e. The summed E-state index contributed by atoms with van der Waals surface area (Å²) in [5, 5.41) is 3.20. The fourth-order valence-electron chi connectivity index (χ4n) is 2.78. The fourth-order valence-corrected chi connectivity index (χ4v) is 3.72. The lowest BCUT2D eigenvalue weighted by Crippen LogP contribution is -2.66. The lowest BCUT2D eigenvalue weighted by molar-refractivity contribution is -0.155. The Labute approximate surface area is 124 Å². The molecule has 0 aromatic carbocycles. The first-order chi connectivity index (χ1) is 9.97. The van der Waals surface area contributed by atoms with E-state index in [-0.39, 0.29) is 5.60 Å². The molecule has 3 heterocycles. The molecule has 2 aliphatic rings. The molecule has 0 amide bonds. The van der Waals surface area contributed by atoms with Gasteiger partial charge >= 0.3 is 0 Å². The summed E-state index contributed by atoms with van der Waals surface area (Å²) in [5.41, 5.74) is -0.247. The average molecular weight is 312 g/mol. The van der Waals surface area contributed by atoms with Crippen LogP contribution in [-0.4, -0.2) is 60.8 Å². The lowest BCUT2D eigenvalue weighted by Gasteiger charge is -2.51. The highest BCUT2D eigenvalue weighted by molar-refractivity contribution is 7.88. The van der Waals surface area contributed by atoms with Crippen molar-refractivity contribution >= 4 is 16.0 Å². The van der Waals surface area contributed by atoms with Crippen molar-refractivity contribution < 1.29 is 13.2 Å². The van der Waals surface area contributed by atoms with Gasteiger partial charge in [0.2, 0.25) is 16.0 Å². The minimum atomic E-state index is -3.08. The molecule has 7 nitrogen and oxygen atoms in total. The van der Waals surface area contributed by atoms with Gasteiger partial charge in [0.25, 0.3) is 0 Å². The molecular weight excluding hydrogens is 292 g/mol. The molecule has 1 N–H and O–H groups in total. The van der Waals surface area contributed by atoms with Gasteiger partial charge in [-0.2, -0.15) is 4.31 Å². The second-order valence-electron chi connectivity index (χ2n) is 5.88. The first-order valence-electron chi connectivity index (χ1n) is 7.07. The topological polar surface area (TPSA) is 84.4 Å². The molecule has 2 saturated heterocycles. The normalized spacial score (nSPS) is 25.5. The second-order valence-corrected chi connectivity index (χ2v) is 7.87. The van der Waals surface area contributed by atoms with Gasteiger partial charge in [-0.15, -0.1) is 0 Å². The SMILES string of the molecule is CS(=O)(=O)N1CC2(CCC(CNc3ncccn3)CO2)C1. The number of anilines is 1. The molecule has 1 atom stereocenters. The zero-order valence-electron chi connectivity index (χ0n) is 12.0. The van der Waals surface area contributed by atoms with Crippen LogP contribution in [0.15, 0.2) is 18.5 Å². The van der Waals surface area contributed by atoms with E-state index in [2.05, 4.69) is 15.3 Å². The first-order valence-corrected chi connectivity index (χ1v) is 8.92. The number of aromatic nitrogens is 2. The molecule has 0 saturated carbocycles. The Hall–Kier alpha value is -1.25. The number of nitrogens with zero attached hydrogens (tertiary/aromatic N) is 3. The molecule has 2 aliphatic heterocycles. The summed E-state index contributed by atoms with van der Waals surface area (Å²) in [5.74, 6) is 1.04. The number of ether oxygens (including phenoxy) is 1. The second kappa shape index (κ2) is 5.51. The predicted molar refractivity (Wildman–Crippen MR) is 78.3 cm³/mol. The smallest absolute Gasteiger partial charge is 0.222 e. The average Bonchev–Trinajstić information content (AvgIpc) is 2.43. The van der Waals surface area contributed by atoms with E-state index in [1.807, 2.05) is 0 Å². The molecule has 1 aromatic heterocycles. The summed E-state index contributed by atoms with van der Waals surface area (Å²) in [6, 6.07) is 1.78. The number of sulfonamides is 1. The third-order valence-corrected chi connectivity index (χ3v) is 5.34. The van der Waals surface area contributed by atoms with Crippen molar-refractivity contribution in [3.63, 3.8) is 0 Å². The zero-order chi connectivity index (χ0) is 14.9. The molecule has 116 valence electrons. The molecule has 8 heteroatoms. The molecule has 0 radical (unpaired) electrons. The summed E-state index contributed by atoms with van der Waals surface area (Å²) >= 11 is 0. The van der Waals surface area contributed by atoms with Gasteiger partial charge in [0.05, 0.1) is 18.5 Å². The van der Waals surface area contributed by atoms with Crippen LogP contribution in [0.25, 0.3) is 0 Å².